The van der Waals surface area contributed by atoms with Crippen molar-refractivity contribution in [3.05, 3.63) is 70.8 Å². The van der Waals surface area contributed by atoms with Gasteiger partial charge in [-0.3, -0.25) is 4.79 Å². The largest absolute Gasteiger partial charge is 0.334 e. The van der Waals surface area contributed by atoms with E-state index in [0.717, 1.165) is 31.4 Å². The van der Waals surface area contributed by atoms with Crippen LogP contribution in [0.2, 0.25) is 0 Å². The first-order valence-corrected chi connectivity index (χ1v) is 10.3. The first-order chi connectivity index (χ1) is 12.9. The molecule has 0 radical (unpaired) electrons. The van der Waals surface area contributed by atoms with E-state index >= 15 is 0 Å². The highest BCUT2D eigenvalue weighted by Gasteiger charge is 2.18. The van der Waals surface area contributed by atoms with Crippen LogP contribution in [-0.2, 0) is 0 Å². The van der Waals surface area contributed by atoms with Gasteiger partial charge in [-0.05, 0) is 61.3 Å². The summed E-state index contributed by atoms with van der Waals surface area (Å²) in [5.41, 5.74) is 4.57. The number of benzene rings is 1. The number of rotatable bonds is 8. The standard InChI is InChI=1S/C25H35NO/c1-6-21(5)23-12-14-24(15-13-23)25(27)26(17-19(2)3)18-20(4)16-22-10-8-7-9-11-22/h8,10-16,19,21H,6-7,9,17-18H2,1-5H3/b20-16+. The van der Waals surface area contributed by atoms with Crippen LogP contribution in [0.4, 0.5) is 0 Å². The maximum atomic E-state index is 13.1. The molecule has 0 spiro atoms. The molecular weight excluding hydrogens is 330 g/mol. The van der Waals surface area contributed by atoms with E-state index in [0.29, 0.717) is 18.4 Å². The van der Waals surface area contributed by atoms with Crippen LogP contribution < -0.4 is 0 Å². The third-order valence-corrected chi connectivity index (χ3v) is 5.09. The number of hydrogen-bond acceptors (Lipinski definition) is 1. The van der Waals surface area contributed by atoms with Gasteiger partial charge in [-0.25, -0.2) is 0 Å². The van der Waals surface area contributed by atoms with Crippen molar-refractivity contribution in [3.63, 3.8) is 0 Å². The first kappa shape index (κ1) is 21.2. The van der Waals surface area contributed by atoms with Gasteiger partial charge >= 0.3 is 0 Å². The Morgan fingerprint density at radius 3 is 2.41 bits per heavy atom. The molecule has 1 atom stereocenters. The highest BCUT2D eigenvalue weighted by molar-refractivity contribution is 5.94. The molecule has 2 nitrogen and oxygen atoms in total. The number of nitrogens with zero attached hydrogens (tertiary/aromatic N) is 1. The lowest BCUT2D eigenvalue weighted by Crippen LogP contribution is -2.35. The van der Waals surface area contributed by atoms with E-state index in [-0.39, 0.29) is 5.91 Å². The second-order valence-corrected chi connectivity index (χ2v) is 8.19. The molecule has 1 aliphatic carbocycles. The van der Waals surface area contributed by atoms with E-state index in [1.54, 1.807) is 0 Å². The summed E-state index contributed by atoms with van der Waals surface area (Å²) in [5.74, 6) is 1.10. The monoisotopic (exact) mass is 365 g/mol. The van der Waals surface area contributed by atoms with Gasteiger partial charge in [0.15, 0.2) is 0 Å². The van der Waals surface area contributed by atoms with Crippen molar-refractivity contribution in [2.24, 2.45) is 5.92 Å². The summed E-state index contributed by atoms with van der Waals surface area (Å²) in [4.78, 5) is 15.1. The maximum absolute atomic E-state index is 13.1. The van der Waals surface area contributed by atoms with E-state index in [2.05, 4.69) is 71.1 Å². The number of allylic oxidation sites excluding steroid dienone is 5. The Kier molecular flexibility index (Phi) is 8.09. The molecule has 0 saturated carbocycles. The number of hydrogen-bond donors (Lipinski definition) is 0. The fourth-order valence-electron chi connectivity index (χ4n) is 3.40. The van der Waals surface area contributed by atoms with Crippen molar-refractivity contribution < 1.29 is 4.79 Å². The zero-order chi connectivity index (χ0) is 19.8. The highest BCUT2D eigenvalue weighted by atomic mass is 16.2. The third-order valence-electron chi connectivity index (χ3n) is 5.09. The summed E-state index contributed by atoms with van der Waals surface area (Å²) in [6.45, 7) is 12.3. The predicted molar refractivity (Wildman–Crippen MR) is 116 cm³/mol. The molecule has 2 heteroatoms. The van der Waals surface area contributed by atoms with Crippen LogP contribution in [0.3, 0.4) is 0 Å². The molecule has 0 aliphatic heterocycles. The molecule has 1 amide bonds. The van der Waals surface area contributed by atoms with E-state index in [1.807, 2.05) is 17.0 Å². The molecule has 0 saturated heterocycles. The minimum absolute atomic E-state index is 0.125. The minimum atomic E-state index is 0.125. The van der Waals surface area contributed by atoms with Gasteiger partial charge < -0.3 is 4.90 Å². The summed E-state index contributed by atoms with van der Waals surface area (Å²) < 4.78 is 0. The Bertz CT molecular complexity index is 706. The lowest BCUT2D eigenvalue weighted by atomic mass is 9.97. The van der Waals surface area contributed by atoms with Crippen LogP contribution in [0, 0.1) is 5.92 Å². The third kappa shape index (κ3) is 6.53. The Morgan fingerprint density at radius 2 is 1.85 bits per heavy atom. The van der Waals surface area contributed by atoms with Crippen LogP contribution in [-0.4, -0.2) is 23.9 Å². The van der Waals surface area contributed by atoms with Crippen LogP contribution >= 0.6 is 0 Å². The second kappa shape index (κ2) is 10.3. The second-order valence-electron chi connectivity index (χ2n) is 8.19. The molecule has 0 N–H and O–H groups in total. The zero-order valence-corrected chi connectivity index (χ0v) is 17.7. The van der Waals surface area contributed by atoms with Crippen molar-refractivity contribution in [2.45, 2.75) is 59.8 Å². The van der Waals surface area contributed by atoms with Crippen molar-refractivity contribution in [2.75, 3.05) is 13.1 Å². The highest BCUT2D eigenvalue weighted by Crippen LogP contribution is 2.20. The smallest absolute Gasteiger partial charge is 0.254 e. The van der Waals surface area contributed by atoms with Gasteiger partial charge in [0.25, 0.3) is 5.91 Å². The molecule has 2 rings (SSSR count). The average molecular weight is 366 g/mol. The molecule has 0 heterocycles. The molecule has 1 aromatic carbocycles. The average Bonchev–Trinajstić information content (AvgIpc) is 2.66. The summed E-state index contributed by atoms with van der Waals surface area (Å²) >= 11 is 0. The van der Waals surface area contributed by atoms with Crippen molar-refractivity contribution >= 4 is 5.91 Å². The van der Waals surface area contributed by atoms with Gasteiger partial charge in [0, 0.05) is 18.7 Å². The maximum Gasteiger partial charge on any atom is 0.254 e. The summed E-state index contributed by atoms with van der Waals surface area (Å²) in [7, 11) is 0. The van der Waals surface area contributed by atoms with Crippen LogP contribution in [0.5, 0.6) is 0 Å². The van der Waals surface area contributed by atoms with Gasteiger partial charge in [-0.2, -0.15) is 0 Å². The Labute approximate surface area is 165 Å². The molecule has 1 unspecified atom stereocenters. The van der Waals surface area contributed by atoms with Crippen molar-refractivity contribution in [3.8, 4) is 0 Å². The molecule has 0 bridgehead atoms. The molecule has 0 aromatic heterocycles. The minimum Gasteiger partial charge on any atom is -0.334 e. The molecule has 146 valence electrons. The van der Waals surface area contributed by atoms with Crippen LogP contribution in [0.1, 0.15) is 75.7 Å². The predicted octanol–water partition coefficient (Wildman–Crippen LogP) is 6.52. The van der Waals surface area contributed by atoms with E-state index < -0.39 is 0 Å². The van der Waals surface area contributed by atoms with Gasteiger partial charge in [0.05, 0.1) is 0 Å². The Morgan fingerprint density at radius 1 is 1.15 bits per heavy atom. The fourth-order valence-corrected chi connectivity index (χ4v) is 3.40. The van der Waals surface area contributed by atoms with E-state index in [1.165, 1.54) is 16.7 Å². The van der Waals surface area contributed by atoms with Gasteiger partial charge in [-0.1, -0.05) is 69.7 Å². The van der Waals surface area contributed by atoms with Gasteiger partial charge in [-0.15, -0.1) is 0 Å². The number of carbonyl (C=O) groups is 1. The first-order valence-electron chi connectivity index (χ1n) is 10.3. The van der Waals surface area contributed by atoms with Crippen molar-refractivity contribution in [1.82, 2.24) is 4.90 Å². The molecule has 1 aliphatic rings. The SMILES string of the molecule is CCC(C)c1ccc(C(=O)N(C/C(C)=C/C2=CCCC=C2)CC(C)C)cc1. The molecule has 0 fully saturated rings. The fraction of sp³-hybridized carbons (Fsp3) is 0.480. The lowest BCUT2D eigenvalue weighted by Gasteiger charge is -2.25. The molecular formula is C25H35NO. The molecule has 1 aromatic rings. The van der Waals surface area contributed by atoms with E-state index in [4.69, 9.17) is 0 Å². The summed E-state index contributed by atoms with van der Waals surface area (Å²) in [5, 5.41) is 0. The van der Waals surface area contributed by atoms with Gasteiger partial charge in [0.1, 0.15) is 0 Å². The quantitative estimate of drug-likeness (QED) is 0.513. The Balaban J connectivity index is 2.14. The van der Waals surface area contributed by atoms with Gasteiger partial charge in [0.2, 0.25) is 0 Å². The zero-order valence-electron chi connectivity index (χ0n) is 17.7. The number of carbonyl (C=O) groups excluding carboxylic acids is 1. The number of amides is 1. The molecule has 27 heavy (non-hydrogen) atoms. The van der Waals surface area contributed by atoms with Crippen molar-refractivity contribution in [1.29, 1.82) is 0 Å². The lowest BCUT2D eigenvalue weighted by molar-refractivity contribution is 0.0751. The summed E-state index contributed by atoms with van der Waals surface area (Å²) in [6, 6.07) is 8.19. The van der Waals surface area contributed by atoms with E-state index in [9.17, 15) is 4.79 Å². The summed E-state index contributed by atoms with van der Waals surface area (Å²) in [6.07, 6.45) is 12.2. The normalized spacial score (nSPS) is 15.6. The topological polar surface area (TPSA) is 20.3 Å². The Hall–Kier alpha value is -2.09. The van der Waals surface area contributed by atoms with Crippen LogP contribution in [0.25, 0.3) is 0 Å². The van der Waals surface area contributed by atoms with Crippen LogP contribution in [0.15, 0.2) is 59.7 Å².